The lowest BCUT2D eigenvalue weighted by atomic mass is 10.1. The number of aromatic nitrogens is 3. The van der Waals surface area contributed by atoms with Crippen LogP contribution < -0.4 is 10.1 Å². The van der Waals surface area contributed by atoms with Gasteiger partial charge in [0.25, 0.3) is 5.91 Å². The molecule has 2 aromatic rings. The third-order valence-corrected chi connectivity index (χ3v) is 4.37. The van der Waals surface area contributed by atoms with E-state index in [1.807, 2.05) is 32.9 Å². The lowest BCUT2D eigenvalue weighted by molar-refractivity contribution is 0.0950. The van der Waals surface area contributed by atoms with Crippen molar-refractivity contribution >= 4 is 5.91 Å². The first-order valence-corrected chi connectivity index (χ1v) is 8.87. The van der Waals surface area contributed by atoms with Crippen molar-refractivity contribution in [3.63, 3.8) is 0 Å². The van der Waals surface area contributed by atoms with Gasteiger partial charge >= 0.3 is 0 Å². The van der Waals surface area contributed by atoms with Crippen LogP contribution in [0.4, 0.5) is 0 Å². The zero-order chi connectivity index (χ0) is 17.9. The Labute approximate surface area is 148 Å². The number of ether oxygens (including phenoxy) is 1. The third kappa shape index (κ3) is 4.59. The van der Waals surface area contributed by atoms with Gasteiger partial charge < -0.3 is 10.1 Å². The Morgan fingerprint density at radius 2 is 2.12 bits per heavy atom. The fourth-order valence-corrected chi connectivity index (χ4v) is 2.89. The average Bonchev–Trinajstić information content (AvgIpc) is 3.24. The van der Waals surface area contributed by atoms with Crippen LogP contribution in [0.3, 0.4) is 0 Å². The van der Waals surface area contributed by atoms with Crippen molar-refractivity contribution in [3.8, 4) is 5.88 Å². The van der Waals surface area contributed by atoms with Gasteiger partial charge in [0.2, 0.25) is 5.88 Å². The zero-order valence-corrected chi connectivity index (χ0v) is 15.2. The van der Waals surface area contributed by atoms with E-state index < -0.39 is 0 Å². The van der Waals surface area contributed by atoms with Crippen LogP contribution in [-0.2, 0) is 12.1 Å². The van der Waals surface area contributed by atoms with Crippen LogP contribution in [0.15, 0.2) is 30.7 Å². The molecule has 134 valence electrons. The summed E-state index contributed by atoms with van der Waals surface area (Å²) in [5.74, 6) is 0.504. The maximum atomic E-state index is 12.3. The van der Waals surface area contributed by atoms with Crippen molar-refractivity contribution in [2.24, 2.45) is 0 Å². The molecular formula is C19H26N4O2. The van der Waals surface area contributed by atoms with E-state index in [9.17, 15) is 4.79 Å². The van der Waals surface area contributed by atoms with Crippen LogP contribution in [0.5, 0.6) is 5.88 Å². The quantitative estimate of drug-likeness (QED) is 0.905. The Morgan fingerprint density at radius 1 is 1.36 bits per heavy atom. The first-order chi connectivity index (χ1) is 11.9. The summed E-state index contributed by atoms with van der Waals surface area (Å²) in [5.41, 5.74) is 1.39. The summed E-state index contributed by atoms with van der Waals surface area (Å²) in [5, 5.41) is 7.19. The van der Waals surface area contributed by atoms with Crippen molar-refractivity contribution in [3.05, 3.63) is 41.9 Å². The van der Waals surface area contributed by atoms with Gasteiger partial charge in [0.15, 0.2) is 0 Å². The SMILES string of the molecule is CC(C)(C)n1cc(C(=O)NCc2ccnc(OC3CCCC3)c2)cn1. The smallest absolute Gasteiger partial charge is 0.254 e. The molecule has 1 amide bonds. The predicted octanol–water partition coefficient (Wildman–Crippen LogP) is 3.28. The molecule has 0 radical (unpaired) electrons. The van der Waals surface area contributed by atoms with E-state index in [2.05, 4.69) is 15.4 Å². The van der Waals surface area contributed by atoms with Gasteiger partial charge in [0, 0.05) is 25.0 Å². The summed E-state index contributed by atoms with van der Waals surface area (Å²) in [4.78, 5) is 16.6. The van der Waals surface area contributed by atoms with Crippen LogP contribution in [0.1, 0.15) is 62.4 Å². The fraction of sp³-hybridized carbons (Fsp3) is 0.526. The Morgan fingerprint density at radius 3 is 2.80 bits per heavy atom. The molecule has 3 rings (SSSR count). The maximum absolute atomic E-state index is 12.3. The summed E-state index contributed by atoms with van der Waals surface area (Å²) in [6, 6.07) is 3.79. The van der Waals surface area contributed by atoms with Gasteiger partial charge in [-0.05, 0) is 58.1 Å². The molecule has 2 heterocycles. The highest BCUT2D eigenvalue weighted by Gasteiger charge is 2.18. The largest absolute Gasteiger partial charge is 0.474 e. The number of nitrogens with zero attached hydrogens (tertiary/aromatic N) is 3. The van der Waals surface area contributed by atoms with Crippen molar-refractivity contribution in [1.82, 2.24) is 20.1 Å². The van der Waals surface area contributed by atoms with Crippen LogP contribution in [0.25, 0.3) is 0 Å². The normalized spacial score (nSPS) is 15.3. The van der Waals surface area contributed by atoms with Crippen LogP contribution >= 0.6 is 0 Å². The minimum Gasteiger partial charge on any atom is -0.474 e. The molecule has 0 aliphatic heterocycles. The number of carbonyl (C=O) groups excluding carboxylic acids is 1. The monoisotopic (exact) mass is 342 g/mol. The number of rotatable bonds is 5. The summed E-state index contributed by atoms with van der Waals surface area (Å²) >= 11 is 0. The Bertz CT molecular complexity index is 727. The molecule has 1 aliphatic carbocycles. The highest BCUT2D eigenvalue weighted by molar-refractivity contribution is 5.93. The molecule has 6 nitrogen and oxygen atoms in total. The highest BCUT2D eigenvalue weighted by atomic mass is 16.5. The van der Waals surface area contributed by atoms with Gasteiger partial charge in [-0.3, -0.25) is 9.48 Å². The molecular weight excluding hydrogens is 316 g/mol. The van der Waals surface area contributed by atoms with Gasteiger partial charge in [-0.15, -0.1) is 0 Å². The maximum Gasteiger partial charge on any atom is 0.254 e. The number of pyridine rings is 1. The first kappa shape index (κ1) is 17.5. The number of amides is 1. The molecule has 25 heavy (non-hydrogen) atoms. The standard InChI is InChI=1S/C19H26N4O2/c1-19(2,3)23-13-15(12-22-23)18(24)21-11-14-8-9-20-17(10-14)25-16-6-4-5-7-16/h8-10,12-13,16H,4-7,11H2,1-3H3,(H,21,24). The molecule has 1 fully saturated rings. The van der Waals surface area contributed by atoms with Gasteiger partial charge in [-0.1, -0.05) is 0 Å². The molecule has 1 N–H and O–H groups in total. The zero-order valence-electron chi connectivity index (χ0n) is 15.2. The molecule has 0 unspecified atom stereocenters. The van der Waals surface area contributed by atoms with E-state index in [1.165, 1.54) is 12.8 Å². The second-order valence-electron chi connectivity index (χ2n) is 7.55. The van der Waals surface area contributed by atoms with Gasteiger partial charge in [0.1, 0.15) is 6.10 Å². The molecule has 0 atom stereocenters. The highest BCUT2D eigenvalue weighted by Crippen LogP contribution is 2.23. The lowest BCUT2D eigenvalue weighted by Crippen LogP contribution is -2.24. The van der Waals surface area contributed by atoms with Crippen molar-refractivity contribution in [1.29, 1.82) is 0 Å². The Kier molecular flexibility index (Phi) is 5.06. The van der Waals surface area contributed by atoms with E-state index >= 15 is 0 Å². The van der Waals surface area contributed by atoms with Crippen molar-refractivity contribution < 1.29 is 9.53 Å². The molecule has 0 aromatic carbocycles. The predicted molar refractivity (Wildman–Crippen MR) is 95.5 cm³/mol. The minimum atomic E-state index is -0.143. The Hall–Kier alpha value is -2.37. The van der Waals surface area contributed by atoms with Crippen molar-refractivity contribution in [2.45, 2.75) is 64.6 Å². The van der Waals surface area contributed by atoms with Crippen LogP contribution in [-0.4, -0.2) is 26.8 Å². The first-order valence-electron chi connectivity index (χ1n) is 8.87. The fourth-order valence-electron chi connectivity index (χ4n) is 2.89. The molecule has 1 aliphatic rings. The second-order valence-corrected chi connectivity index (χ2v) is 7.55. The minimum absolute atomic E-state index is 0.134. The topological polar surface area (TPSA) is 69.0 Å². The summed E-state index contributed by atoms with van der Waals surface area (Å²) in [6.07, 6.45) is 10.0. The van der Waals surface area contributed by atoms with E-state index in [-0.39, 0.29) is 17.6 Å². The molecule has 1 saturated carbocycles. The lowest BCUT2D eigenvalue weighted by Gasteiger charge is -2.18. The summed E-state index contributed by atoms with van der Waals surface area (Å²) < 4.78 is 7.70. The molecule has 0 spiro atoms. The number of nitrogens with one attached hydrogen (secondary N) is 1. The van der Waals surface area contributed by atoms with E-state index in [4.69, 9.17) is 4.74 Å². The van der Waals surface area contributed by atoms with Crippen molar-refractivity contribution in [2.75, 3.05) is 0 Å². The molecule has 2 aromatic heterocycles. The number of hydrogen-bond donors (Lipinski definition) is 1. The second kappa shape index (κ2) is 7.25. The average molecular weight is 342 g/mol. The molecule has 6 heteroatoms. The third-order valence-electron chi connectivity index (χ3n) is 4.37. The van der Waals surface area contributed by atoms with Crippen LogP contribution in [0.2, 0.25) is 0 Å². The van der Waals surface area contributed by atoms with Crippen LogP contribution in [0, 0.1) is 0 Å². The van der Waals surface area contributed by atoms with Gasteiger partial charge in [-0.25, -0.2) is 4.98 Å². The van der Waals surface area contributed by atoms with E-state index in [0.29, 0.717) is 18.0 Å². The number of hydrogen-bond acceptors (Lipinski definition) is 4. The van der Waals surface area contributed by atoms with Gasteiger partial charge in [-0.2, -0.15) is 5.10 Å². The van der Waals surface area contributed by atoms with E-state index in [0.717, 1.165) is 18.4 Å². The Balaban J connectivity index is 1.57. The molecule has 0 saturated heterocycles. The van der Waals surface area contributed by atoms with E-state index in [1.54, 1.807) is 23.3 Å². The molecule has 0 bridgehead atoms. The summed E-state index contributed by atoms with van der Waals surface area (Å²) in [7, 11) is 0. The number of carbonyl (C=O) groups is 1. The van der Waals surface area contributed by atoms with Gasteiger partial charge in [0.05, 0.1) is 17.3 Å². The summed E-state index contributed by atoms with van der Waals surface area (Å²) in [6.45, 7) is 6.57.